The van der Waals surface area contributed by atoms with E-state index in [1.807, 2.05) is 12.1 Å². The van der Waals surface area contributed by atoms with Gasteiger partial charge in [-0.3, -0.25) is 4.79 Å². The number of hydrogen-bond acceptors (Lipinski definition) is 1. The Hall–Kier alpha value is -1.11. The lowest BCUT2D eigenvalue weighted by atomic mass is 9.78. The average molecular weight is 230 g/mol. The monoisotopic (exact) mass is 230 g/mol. The van der Waals surface area contributed by atoms with Gasteiger partial charge in [-0.05, 0) is 36.3 Å². The van der Waals surface area contributed by atoms with Crippen LogP contribution in [-0.2, 0) is 11.2 Å². The fourth-order valence-corrected chi connectivity index (χ4v) is 3.04. The van der Waals surface area contributed by atoms with E-state index in [9.17, 15) is 4.79 Å². The van der Waals surface area contributed by atoms with Gasteiger partial charge in [0.15, 0.2) is 0 Å². The van der Waals surface area contributed by atoms with Gasteiger partial charge in [-0.25, -0.2) is 0 Å². The topological polar surface area (TPSA) is 17.1 Å². The van der Waals surface area contributed by atoms with Crippen LogP contribution in [0, 0.1) is 18.3 Å². The predicted octanol–water partition coefficient (Wildman–Crippen LogP) is 3.93. The van der Waals surface area contributed by atoms with E-state index >= 15 is 0 Å². The highest BCUT2D eigenvalue weighted by Crippen LogP contribution is 2.43. The number of benzene rings is 1. The average Bonchev–Trinajstić information content (AvgIpc) is 2.61. The lowest BCUT2D eigenvalue weighted by molar-refractivity contribution is -0.124. The summed E-state index contributed by atoms with van der Waals surface area (Å²) < 4.78 is 0. The molecule has 1 saturated carbocycles. The molecule has 1 unspecified atom stereocenters. The van der Waals surface area contributed by atoms with Crippen molar-refractivity contribution < 1.29 is 4.79 Å². The highest BCUT2D eigenvalue weighted by atomic mass is 16.1. The maximum absolute atomic E-state index is 12.4. The zero-order chi connectivity index (χ0) is 12.5. The SMILES string of the molecule is Cc1ccccc1CC(=O)C1CCCC1(C)C. The molecule has 1 aromatic carbocycles. The van der Waals surface area contributed by atoms with Gasteiger partial charge >= 0.3 is 0 Å². The maximum atomic E-state index is 12.4. The maximum Gasteiger partial charge on any atom is 0.140 e. The van der Waals surface area contributed by atoms with Crippen LogP contribution in [0.5, 0.6) is 0 Å². The highest BCUT2D eigenvalue weighted by Gasteiger charge is 2.38. The summed E-state index contributed by atoms with van der Waals surface area (Å²) in [5.74, 6) is 0.698. The van der Waals surface area contributed by atoms with Crippen molar-refractivity contribution in [2.75, 3.05) is 0 Å². The minimum atomic E-state index is 0.208. The Bertz CT molecular complexity index is 417. The molecule has 0 spiro atoms. The third kappa shape index (κ3) is 2.59. The Balaban J connectivity index is 2.10. The van der Waals surface area contributed by atoms with E-state index < -0.39 is 0 Å². The van der Waals surface area contributed by atoms with Crippen LogP contribution in [0.3, 0.4) is 0 Å². The van der Waals surface area contributed by atoms with Crippen LogP contribution in [0.2, 0.25) is 0 Å². The highest BCUT2D eigenvalue weighted by molar-refractivity contribution is 5.84. The van der Waals surface area contributed by atoms with Crippen LogP contribution < -0.4 is 0 Å². The largest absolute Gasteiger partial charge is 0.299 e. The summed E-state index contributed by atoms with van der Waals surface area (Å²) in [6.07, 6.45) is 4.09. The zero-order valence-electron chi connectivity index (χ0n) is 11.1. The quantitative estimate of drug-likeness (QED) is 0.769. The molecule has 1 aliphatic rings. The second-order valence-electron chi connectivity index (χ2n) is 6.00. The Morgan fingerprint density at radius 1 is 1.35 bits per heavy atom. The molecule has 1 atom stereocenters. The Morgan fingerprint density at radius 3 is 2.65 bits per heavy atom. The van der Waals surface area contributed by atoms with Crippen LogP contribution in [0.4, 0.5) is 0 Å². The second kappa shape index (κ2) is 4.64. The molecule has 0 aromatic heterocycles. The lowest BCUT2D eigenvalue weighted by Crippen LogP contribution is -2.27. The van der Waals surface area contributed by atoms with Gasteiger partial charge in [-0.2, -0.15) is 0 Å². The van der Waals surface area contributed by atoms with Gasteiger partial charge in [0.1, 0.15) is 5.78 Å². The molecule has 1 aromatic rings. The lowest BCUT2D eigenvalue weighted by Gasteiger charge is -2.25. The molecule has 0 radical (unpaired) electrons. The number of carbonyl (C=O) groups excluding carboxylic acids is 1. The molecule has 0 bridgehead atoms. The molecule has 1 nitrogen and oxygen atoms in total. The fraction of sp³-hybridized carbons (Fsp3) is 0.562. The van der Waals surface area contributed by atoms with Crippen molar-refractivity contribution in [3.63, 3.8) is 0 Å². The van der Waals surface area contributed by atoms with Crippen molar-refractivity contribution in [1.82, 2.24) is 0 Å². The molecule has 1 heteroatoms. The minimum Gasteiger partial charge on any atom is -0.299 e. The van der Waals surface area contributed by atoms with Crippen molar-refractivity contribution >= 4 is 5.78 Å². The Labute approximate surface area is 104 Å². The summed E-state index contributed by atoms with van der Waals surface area (Å²) in [6, 6.07) is 8.22. The van der Waals surface area contributed by atoms with Gasteiger partial charge in [0.05, 0.1) is 0 Å². The van der Waals surface area contributed by atoms with Crippen LogP contribution in [0.25, 0.3) is 0 Å². The first-order valence-electron chi connectivity index (χ1n) is 6.58. The van der Waals surface area contributed by atoms with E-state index in [1.54, 1.807) is 0 Å². The first kappa shape index (κ1) is 12.3. The number of carbonyl (C=O) groups is 1. The molecule has 92 valence electrons. The fourth-order valence-electron chi connectivity index (χ4n) is 3.04. The standard InChI is InChI=1S/C16H22O/c1-12-7-4-5-8-13(12)11-15(17)14-9-6-10-16(14,2)3/h4-5,7-8,14H,6,9-11H2,1-3H3. The van der Waals surface area contributed by atoms with E-state index in [2.05, 4.69) is 32.9 Å². The van der Waals surface area contributed by atoms with Gasteiger partial charge < -0.3 is 0 Å². The number of ketones is 1. The summed E-state index contributed by atoms with van der Waals surface area (Å²) in [6.45, 7) is 6.56. The second-order valence-corrected chi connectivity index (χ2v) is 6.00. The molecular formula is C16H22O. The van der Waals surface area contributed by atoms with Gasteiger partial charge in [-0.1, -0.05) is 44.5 Å². The van der Waals surface area contributed by atoms with Gasteiger partial charge in [0.2, 0.25) is 0 Å². The Kier molecular flexibility index (Phi) is 3.37. The molecule has 17 heavy (non-hydrogen) atoms. The van der Waals surface area contributed by atoms with E-state index in [0.717, 1.165) is 6.42 Å². The van der Waals surface area contributed by atoms with Gasteiger partial charge in [0.25, 0.3) is 0 Å². The number of rotatable bonds is 3. The number of Topliss-reactive ketones (excluding diaryl/α,β-unsaturated/α-hetero) is 1. The van der Waals surface area contributed by atoms with E-state index in [-0.39, 0.29) is 11.3 Å². The van der Waals surface area contributed by atoms with Crippen molar-refractivity contribution in [2.24, 2.45) is 11.3 Å². The third-order valence-electron chi connectivity index (χ3n) is 4.27. The summed E-state index contributed by atoms with van der Waals surface area (Å²) in [5.41, 5.74) is 2.64. The van der Waals surface area contributed by atoms with Crippen LogP contribution >= 0.6 is 0 Å². The van der Waals surface area contributed by atoms with Crippen LogP contribution in [0.1, 0.15) is 44.2 Å². The minimum absolute atomic E-state index is 0.208. The molecule has 0 aliphatic heterocycles. The number of hydrogen-bond donors (Lipinski definition) is 0. The zero-order valence-corrected chi connectivity index (χ0v) is 11.1. The van der Waals surface area contributed by atoms with Crippen LogP contribution in [-0.4, -0.2) is 5.78 Å². The Morgan fingerprint density at radius 2 is 2.06 bits per heavy atom. The van der Waals surface area contributed by atoms with Crippen molar-refractivity contribution in [3.05, 3.63) is 35.4 Å². The molecule has 0 N–H and O–H groups in total. The summed E-state index contributed by atoms with van der Waals surface area (Å²) in [4.78, 5) is 12.4. The van der Waals surface area contributed by atoms with E-state index in [1.165, 1.54) is 24.0 Å². The van der Waals surface area contributed by atoms with Crippen molar-refractivity contribution in [2.45, 2.75) is 46.5 Å². The summed E-state index contributed by atoms with van der Waals surface area (Å²) >= 11 is 0. The predicted molar refractivity (Wildman–Crippen MR) is 71.0 cm³/mol. The molecule has 1 fully saturated rings. The molecule has 0 heterocycles. The van der Waals surface area contributed by atoms with E-state index in [0.29, 0.717) is 12.2 Å². The van der Waals surface area contributed by atoms with Crippen molar-refractivity contribution in [1.29, 1.82) is 0 Å². The number of aryl methyl sites for hydroxylation is 1. The van der Waals surface area contributed by atoms with E-state index in [4.69, 9.17) is 0 Å². The third-order valence-corrected chi connectivity index (χ3v) is 4.27. The molecule has 1 aliphatic carbocycles. The summed E-state index contributed by atoms with van der Waals surface area (Å²) in [7, 11) is 0. The molecule has 0 saturated heterocycles. The van der Waals surface area contributed by atoms with Crippen LogP contribution in [0.15, 0.2) is 24.3 Å². The van der Waals surface area contributed by atoms with Gasteiger partial charge in [0, 0.05) is 12.3 Å². The molecular weight excluding hydrogens is 208 g/mol. The first-order chi connectivity index (χ1) is 8.00. The first-order valence-corrected chi connectivity index (χ1v) is 6.58. The summed E-state index contributed by atoms with van der Waals surface area (Å²) in [5, 5.41) is 0. The normalized spacial score (nSPS) is 22.6. The molecule has 0 amide bonds. The smallest absolute Gasteiger partial charge is 0.140 e. The molecule has 2 rings (SSSR count). The van der Waals surface area contributed by atoms with Crippen molar-refractivity contribution in [3.8, 4) is 0 Å². The van der Waals surface area contributed by atoms with Gasteiger partial charge in [-0.15, -0.1) is 0 Å².